The van der Waals surface area contributed by atoms with E-state index in [1.54, 1.807) is 0 Å². The number of hydrogen-bond acceptors (Lipinski definition) is 3. The van der Waals surface area contributed by atoms with Gasteiger partial charge in [0.1, 0.15) is 11.6 Å². The van der Waals surface area contributed by atoms with E-state index in [-0.39, 0.29) is 0 Å². The highest BCUT2D eigenvalue weighted by molar-refractivity contribution is 5.36. The van der Waals surface area contributed by atoms with Gasteiger partial charge in [-0.2, -0.15) is 0 Å². The second-order valence-electron chi connectivity index (χ2n) is 6.46. The minimum atomic E-state index is 0.582. The Morgan fingerprint density at radius 2 is 1.95 bits per heavy atom. The van der Waals surface area contributed by atoms with Gasteiger partial charge in [-0.15, -0.1) is 0 Å². The molecule has 0 radical (unpaired) electrons. The Bertz CT molecular complexity index is 409. The van der Waals surface area contributed by atoms with Crippen LogP contribution in [0, 0.1) is 5.92 Å². The minimum absolute atomic E-state index is 0.582. The summed E-state index contributed by atoms with van der Waals surface area (Å²) >= 11 is 0. The maximum Gasteiger partial charge on any atom is 0.134 e. The average molecular weight is 275 g/mol. The lowest BCUT2D eigenvalue weighted by atomic mass is 9.88. The molecule has 1 N–H and O–H groups in total. The van der Waals surface area contributed by atoms with Crippen molar-refractivity contribution in [2.45, 2.75) is 71.6 Å². The molecule has 1 aliphatic carbocycles. The van der Waals surface area contributed by atoms with Crippen molar-refractivity contribution in [2.75, 3.05) is 11.9 Å². The third-order valence-corrected chi connectivity index (χ3v) is 3.94. The van der Waals surface area contributed by atoms with E-state index in [0.717, 1.165) is 31.0 Å². The molecule has 3 heteroatoms. The SMILES string of the molecule is CCCNc1cc(CC(C)C)nc(C2CCCCC2)n1. The van der Waals surface area contributed by atoms with Gasteiger partial charge in [-0.3, -0.25) is 0 Å². The molecular weight excluding hydrogens is 246 g/mol. The summed E-state index contributed by atoms with van der Waals surface area (Å²) in [6, 6.07) is 2.14. The van der Waals surface area contributed by atoms with Gasteiger partial charge in [0, 0.05) is 24.2 Å². The van der Waals surface area contributed by atoms with Gasteiger partial charge < -0.3 is 5.32 Å². The fourth-order valence-electron chi connectivity index (χ4n) is 2.93. The molecule has 1 heterocycles. The van der Waals surface area contributed by atoms with Crippen LogP contribution in [0.4, 0.5) is 5.82 Å². The van der Waals surface area contributed by atoms with Gasteiger partial charge in [0.15, 0.2) is 0 Å². The predicted octanol–water partition coefficient (Wildman–Crippen LogP) is 4.54. The van der Waals surface area contributed by atoms with E-state index in [1.807, 2.05) is 0 Å². The highest BCUT2D eigenvalue weighted by Crippen LogP contribution is 2.31. The van der Waals surface area contributed by atoms with Crippen LogP contribution in [0.1, 0.15) is 76.7 Å². The van der Waals surface area contributed by atoms with Gasteiger partial charge in [-0.25, -0.2) is 9.97 Å². The lowest BCUT2D eigenvalue weighted by Gasteiger charge is -2.21. The summed E-state index contributed by atoms with van der Waals surface area (Å²) in [5.41, 5.74) is 1.20. The summed E-state index contributed by atoms with van der Waals surface area (Å²) in [4.78, 5) is 9.63. The second-order valence-corrected chi connectivity index (χ2v) is 6.46. The summed E-state index contributed by atoms with van der Waals surface area (Å²) in [5.74, 6) is 3.33. The van der Waals surface area contributed by atoms with Crippen molar-refractivity contribution in [3.05, 3.63) is 17.6 Å². The fraction of sp³-hybridized carbons (Fsp3) is 0.765. The molecule has 0 unspecified atom stereocenters. The minimum Gasteiger partial charge on any atom is -0.370 e. The largest absolute Gasteiger partial charge is 0.370 e. The summed E-state index contributed by atoms with van der Waals surface area (Å²) in [6.07, 6.45) is 8.74. The molecule has 0 saturated heterocycles. The molecule has 0 amide bonds. The van der Waals surface area contributed by atoms with E-state index in [0.29, 0.717) is 11.8 Å². The molecule has 112 valence electrons. The third kappa shape index (κ3) is 4.46. The quantitative estimate of drug-likeness (QED) is 0.828. The lowest BCUT2D eigenvalue weighted by Crippen LogP contribution is -2.13. The molecule has 1 fully saturated rings. The number of rotatable bonds is 6. The Labute approximate surface area is 123 Å². The number of anilines is 1. The van der Waals surface area contributed by atoms with Crippen molar-refractivity contribution in [2.24, 2.45) is 5.92 Å². The van der Waals surface area contributed by atoms with Crippen LogP contribution < -0.4 is 5.32 Å². The van der Waals surface area contributed by atoms with Crippen molar-refractivity contribution >= 4 is 5.82 Å². The molecule has 0 atom stereocenters. The van der Waals surface area contributed by atoms with E-state index in [9.17, 15) is 0 Å². The van der Waals surface area contributed by atoms with Crippen LogP contribution >= 0.6 is 0 Å². The molecule has 1 saturated carbocycles. The molecule has 1 aromatic heterocycles. The van der Waals surface area contributed by atoms with Gasteiger partial charge in [0.05, 0.1) is 0 Å². The smallest absolute Gasteiger partial charge is 0.134 e. The monoisotopic (exact) mass is 275 g/mol. The zero-order chi connectivity index (χ0) is 14.4. The maximum absolute atomic E-state index is 4.85. The topological polar surface area (TPSA) is 37.8 Å². The van der Waals surface area contributed by atoms with Crippen LogP contribution in [-0.2, 0) is 6.42 Å². The molecular formula is C17H29N3. The molecule has 0 aliphatic heterocycles. The van der Waals surface area contributed by atoms with Gasteiger partial charge in [0.2, 0.25) is 0 Å². The van der Waals surface area contributed by atoms with Gasteiger partial charge >= 0.3 is 0 Å². The fourth-order valence-corrected chi connectivity index (χ4v) is 2.93. The van der Waals surface area contributed by atoms with Gasteiger partial charge in [-0.1, -0.05) is 40.0 Å². The summed E-state index contributed by atoms with van der Waals surface area (Å²) < 4.78 is 0. The third-order valence-electron chi connectivity index (χ3n) is 3.94. The van der Waals surface area contributed by atoms with Crippen LogP contribution in [0.15, 0.2) is 6.07 Å². The van der Waals surface area contributed by atoms with Crippen LogP contribution in [0.25, 0.3) is 0 Å². The molecule has 0 bridgehead atoms. The van der Waals surface area contributed by atoms with E-state index in [4.69, 9.17) is 9.97 Å². The molecule has 1 aromatic rings. The Kier molecular flexibility index (Phi) is 5.81. The summed E-state index contributed by atoms with van der Waals surface area (Å²) in [6.45, 7) is 7.68. The van der Waals surface area contributed by atoms with Crippen molar-refractivity contribution in [3.63, 3.8) is 0 Å². The Hall–Kier alpha value is -1.12. The molecule has 3 nitrogen and oxygen atoms in total. The zero-order valence-corrected chi connectivity index (χ0v) is 13.3. The molecule has 20 heavy (non-hydrogen) atoms. The summed E-state index contributed by atoms with van der Waals surface area (Å²) in [5, 5.41) is 3.44. The number of hydrogen-bond donors (Lipinski definition) is 1. The normalized spacial score (nSPS) is 16.6. The van der Waals surface area contributed by atoms with Crippen molar-refractivity contribution in [1.29, 1.82) is 0 Å². The first-order valence-corrected chi connectivity index (χ1v) is 8.30. The van der Waals surface area contributed by atoms with Gasteiger partial charge in [0.25, 0.3) is 0 Å². The van der Waals surface area contributed by atoms with Crippen molar-refractivity contribution in [3.8, 4) is 0 Å². The molecule has 2 rings (SSSR count). The van der Waals surface area contributed by atoms with Crippen LogP contribution in [-0.4, -0.2) is 16.5 Å². The Balaban J connectivity index is 2.19. The van der Waals surface area contributed by atoms with Crippen LogP contribution in [0.3, 0.4) is 0 Å². The van der Waals surface area contributed by atoms with E-state index in [2.05, 4.69) is 32.2 Å². The first kappa shape index (κ1) is 15.3. The van der Waals surface area contributed by atoms with Gasteiger partial charge in [-0.05, 0) is 31.6 Å². The van der Waals surface area contributed by atoms with E-state index < -0.39 is 0 Å². The average Bonchev–Trinajstić information content (AvgIpc) is 2.45. The molecule has 0 spiro atoms. The van der Waals surface area contributed by atoms with Crippen LogP contribution in [0.2, 0.25) is 0 Å². The number of nitrogens with zero attached hydrogens (tertiary/aromatic N) is 2. The van der Waals surface area contributed by atoms with Crippen molar-refractivity contribution < 1.29 is 0 Å². The number of nitrogens with one attached hydrogen (secondary N) is 1. The van der Waals surface area contributed by atoms with E-state index >= 15 is 0 Å². The Morgan fingerprint density at radius 1 is 1.20 bits per heavy atom. The van der Waals surface area contributed by atoms with Crippen LogP contribution in [0.5, 0.6) is 0 Å². The first-order chi connectivity index (χ1) is 9.69. The zero-order valence-electron chi connectivity index (χ0n) is 13.3. The van der Waals surface area contributed by atoms with E-state index in [1.165, 1.54) is 37.8 Å². The predicted molar refractivity (Wildman–Crippen MR) is 85.2 cm³/mol. The highest BCUT2D eigenvalue weighted by Gasteiger charge is 2.19. The number of aromatic nitrogens is 2. The first-order valence-electron chi connectivity index (χ1n) is 8.30. The lowest BCUT2D eigenvalue weighted by molar-refractivity contribution is 0.427. The second kappa shape index (κ2) is 7.61. The highest BCUT2D eigenvalue weighted by atomic mass is 15.0. The Morgan fingerprint density at radius 3 is 2.60 bits per heavy atom. The molecule has 1 aliphatic rings. The summed E-state index contributed by atoms with van der Waals surface area (Å²) in [7, 11) is 0. The molecule has 0 aromatic carbocycles. The van der Waals surface area contributed by atoms with Crippen molar-refractivity contribution in [1.82, 2.24) is 9.97 Å². The standard InChI is InChI=1S/C17H29N3/c1-4-10-18-16-12-15(11-13(2)3)19-17(20-16)14-8-6-5-7-9-14/h12-14H,4-11H2,1-3H3,(H,18,19,20). The maximum atomic E-state index is 4.85.